The maximum Gasteiger partial charge on any atom is 0.329 e. The highest BCUT2D eigenvalue weighted by atomic mass is 35.5. The number of benzene rings is 2. The summed E-state index contributed by atoms with van der Waals surface area (Å²) < 4.78 is 5.05. The van der Waals surface area contributed by atoms with Gasteiger partial charge in [-0.25, -0.2) is 4.79 Å². The number of hydrogen-bond acceptors (Lipinski definition) is 6. The molecule has 2 aromatic rings. The fraction of sp³-hybridized carbons (Fsp3) is 0.261. The van der Waals surface area contributed by atoms with Crippen molar-refractivity contribution in [2.24, 2.45) is 5.92 Å². The number of halogens is 5. The first kappa shape index (κ1) is 29.0. The number of rotatable bonds is 7. The average molecular weight is 610 g/mol. The normalized spacial score (nSPS) is 13.5. The molecule has 0 saturated heterocycles. The number of nitrogens with zero attached hydrogens (tertiary/aromatic N) is 1. The maximum absolute atomic E-state index is 13.2. The third kappa shape index (κ3) is 5.97. The monoisotopic (exact) mass is 607 g/mol. The van der Waals surface area contributed by atoms with Gasteiger partial charge in [0.2, 0.25) is 0 Å². The average Bonchev–Trinajstić information content (AvgIpc) is 3.11. The Balaban J connectivity index is 1.73. The predicted octanol–water partition coefficient (Wildman–Crippen LogP) is 4.97. The highest BCUT2D eigenvalue weighted by molar-refractivity contribution is 6.55. The van der Waals surface area contributed by atoms with Gasteiger partial charge in [0.15, 0.2) is 6.61 Å². The van der Waals surface area contributed by atoms with E-state index in [2.05, 4.69) is 10.9 Å². The molecule has 2 aromatic carbocycles. The second-order valence-electron chi connectivity index (χ2n) is 8.22. The van der Waals surface area contributed by atoms with Crippen LogP contribution in [0.1, 0.15) is 51.3 Å². The van der Waals surface area contributed by atoms with E-state index in [4.69, 9.17) is 62.7 Å². The summed E-state index contributed by atoms with van der Waals surface area (Å²) in [6, 6.07) is 4.74. The van der Waals surface area contributed by atoms with Crippen molar-refractivity contribution in [3.8, 4) is 0 Å². The molecule has 9 nitrogen and oxygen atoms in total. The molecule has 0 saturated carbocycles. The Kier molecular flexibility index (Phi) is 9.31. The lowest BCUT2D eigenvalue weighted by atomic mass is 10.0. The van der Waals surface area contributed by atoms with Gasteiger partial charge in [-0.15, -0.1) is 0 Å². The van der Waals surface area contributed by atoms with Crippen LogP contribution in [0.25, 0.3) is 0 Å². The Bertz CT molecular complexity index is 1270. The number of ether oxygens (including phenoxy) is 1. The smallest absolute Gasteiger partial charge is 0.329 e. The van der Waals surface area contributed by atoms with Crippen molar-refractivity contribution in [3.63, 3.8) is 0 Å². The van der Waals surface area contributed by atoms with E-state index in [0.29, 0.717) is 4.90 Å². The molecule has 4 amide bonds. The summed E-state index contributed by atoms with van der Waals surface area (Å²) in [6.07, 6.45) is 0.00582. The molecule has 3 rings (SSSR count). The highest BCUT2D eigenvalue weighted by Crippen LogP contribution is 2.45. The van der Waals surface area contributed by atoms with E-state index in [1.54, 1.807) is 26.0 Å². The molecule has 1 aliphatic heterocycles. The van der Waals surface area contributed by atoms with Gasteiger partial charge in [-0.1, -0.05) is 84.0 Å². The Morgan fingerprint density at radius 2 is 1.41 bits per heavy atom. The summed E-state index contributed by atoms with van der Waals surface area (Å²) in [4.78, 5) is 64.3. The fourth-order valence-electron chi connectivity index (χ4n) is 3.51. The number of esters is 1. The molecule has 1 atom stereocenters. The van der Waals surface area contributed by atoms with Gasteiger partial charge < -0.3 is 4.74 Å². The largest absolute Gasteiger partial charge is 0.454 e. The predicted molar refractivity (Wildman–Crippen MR) is 138 cm³/mol. The van der Waals surface area contributed by atoms with E-state index in [9.17, 15) is 24.0 Å². The Morgan fingerprint density at radius 3 is 1.92 bits per heavy atom. The van der Waals surface area contributed by atoms with Crippen LogP contribution in [0.2, 0.25) is 25.1 Å². The minimum atomic E-state index is -1.41. The van der Waals surface area contributed by atoms with Crippen molar-refractivity contribution in [2.75, 3.05) is 6.61 Å². The molecule has 14 heteroatoms. The van der Waals surface area contributed by atoms with E-state index in [0.717, 1.165) is 0 Å². The van der Waals surface area contributed by atoms with E-state index in [1.165, 1.54) is 12.1 Å². The summed E-state index contributed by atoms with van der Waals surface area (Å²) in [6.45, 7) is 2.69. The molecule has 0 fully saturated rings. The number of carbonyl (C=O) groups is 5. The summed E-state index contributed by atoms with van der Waals surface area (Å²) in [5.41, 5.74) is 3.77. The minimum Gasteiger partial charge on any atom is -0.454 e. The lowest BCUT2D eigenvalue weighted by Gasteiger charge is -2.25. The van der Waals surface area contributed by atoms with Crippen molar-refractivity contribution in [3.05, 3.63) is 66.1 Å². The molecule has 2 N–H and O–H groups in total. The molecule has 37 heavy (non-hydrogen) atoms. The highest BCUT2D eigenvalue weighted by Gasteiger charge is 2.47. The summed E-state index contributed by atoms with van der Waals surface area (Å²) in [7, 11) is 0. The number of fused-ring (bicyclic) bond motifs is 1. The molecule has 0 unspecified atom stereocenters. The Labute approximate surface area is 236 Å². The van der Waals surface area contributed by atoms with E-state index < -0.39 is 42.2 Å². The SMILES string of the molecule is CC(C)C[C@H](C(=O)OCC(=O)NNC(=O)c1ccccc1Cl)N1C(=O)c2c(Cl)c(Cl)c(Cl)c(Cl)c2C1=O. The van der Waals surface area contributed by atoms with E-state index in [-0.39, 0.29) is 54.1 Å². The zero-order valence-corrected chi connectivity index (χ0v) is 22.9. The molecule has 1 heterocycles. The van der Waals surface area contributed by atoms with Crippen molar-refractivity contribution in [1.82, 2.24) is 15.8 Å². The van der Waals surface area contributed by atoms with Gasteiger partial charge in [-0.05, 0) is 24.5 Å². The lowest BCUT2D eigenvalue weighted by molar-refractivity contribution is -0.153. The molecule has 0 aliphatic carbocycles. The number of nitrogens with one attached hydrogen (secondary N) is 2. The first-order valence-corrected chi connectivity index (χ1v) is 12.5. The van der Waals surface area contributed by atoms with Crippen molar-refractivity contribution in [1.29, 1.82) is 0 Å². The third-order valence-corrected chi connectivity index (χ3v) is 7.32. The molecular formula is C23H18Cl5N3O6. The van der Waals surface area contributed by atoms with Crippen LogP contribution in [-0.4, -0.2) is 47.1 Å². The van der Waals surface area contributed by atoms with E-state index in [1.807, 2.05) is 0 Å². The number of hydrazine groups is 1. The topological polar surface area (TPSA) is 122 Å². The van der Waals surface area contributed by atoms with Crippen LogP contribution in [0.4, 0.5) is 0 Å². The molecule has 0 spiro atoms. The summed E-state index contributed by atoms with van der Waals surface area (Å²) in [5.74, 6) is -4.62. The second kappa shape index (κ2) is 11.9. The zero-order valence-electron chi connectivity index (χ0n) is 19.2. The van der Waals surface area contributed by atoms with Crippen molar-refractivity contribution < 1.29 is 28.7 Å². The molecular weight excluding hydrogens is 592 g/mol. The molecule has 196 valence electrons. The molecule has 1 aliphatic rings. The number of hydrogen-bond donors (Lipinski definition) is 2. The maximum atomic E-state index is 13.2. The van der Waals surface area contributed by atoms with Crippen LogP contribution in [-0.2, 0) is 14.3 Å². The van der Waals surface area contributed by atoms with Gasteiger partial charge in [0.25, 0.3) is 23.6 Å². The number of carbonyl (C=O) groups excluding carboxylic acids is 5. The standard InChI is InChI=1S/C23H18Cl5N3O6/c1-9(2)7-12(31-21(34)14-15(22(31)35)17(26)19(28)18(27)16(14)25)23(36)37-8-13(32)29-30-20(33)10-5-3-4-6-11(10)24/h3-6,9,12H,7-8H2,1-2H3,(H,29,32)(H,30,33)/t12-/m1/s1. The van der Waals surface area contributed by atoms with Gasteiger partial charge in [-0.2, -0.15) is 0 Å². The van der Waals surface area contributed by atoms with Gasteiger partial charge in [-0.3, -0.25) is 34.9 Å². The Hall–Kier alpha value is -2.56. The quantitative estimate of drug-likeness (QED) is 0.150. The summed E-state index contributed by atoms with van der Waals surface area (Å²) in [5, 5.41) is -0.822. The van der Waals surface area contributed by atoms with Gasteiger partial charge in [0.05, 0.1) is 41.8 Å². The van der Waals surface area contributed by atoms with Crippen LogP contribution in [0.15, 0.2) is 24.3 Å². The molecule has 0 bridgehead atoms. The third-order valence-electron chi connectivity index (χ3n) is 5.19. The van der Waals surface area contributed by atoms with Crippen LogP contribution in [0.3, 0.4) is 0 Å². The van der Waals surface area contributed by atoms with Gasteiger partial charge in [0.1, 0.15) is 6.04 Å². The van der Waals surface area contributed by atoms with Crippen molar-refractivity contribution in [2.45, 2.75) is 26.3 Å². The number of amides is 4. The van der Waals surface area contributed by atoms with E-state index >= 15 is 0 Å². The molecule has 0 radical (unpaired) electrons. The summed E-state index contributed by atoms with van der Waals surface area (Å²) >= 11 is 30.3. The Morgan fingerprint density at radius 1 is 0.865 bits per heavy atom. The lowest BCUT2D eigenvalue weighted by Crippen LogP contribution is -2.48. The second-order valence-corrected chi connectivity index (χ2v) is 10.1. The first-order chi connectivity index (χ1) is 17.4. The number of imide groups is 1. The van der Waals surface area contributed by atoms with Crippen molar-refractivity contribution >= 4 is 87.6 Å². The van der Waals surface area contributed by atoms with Crippen LogP contribution in [0, 0.1) is 5.92 Å². The fourth-order valence-corrected chi connectivity index (χ4v) is 4.75. The zero-order chi connectivity index (χ0) is 27.6. The van der Waals surface area contributed by atoms with Gasteiger partial charge >= 0.3 is 5.97 Å². The van der Waals surface area contributed by atoms with Crippen LogP contribution < -0.4 is 10.9 Å². The molecule has 0 aromatic heterocycles. The van der Waals surface area contributed by atoms with Crippen LogP contribution in [0.5, 0.6) is 0 Å². The minimum absolute atomic E-state index is 0.00582. The van der Waals surface area contributed by atoms with Gasteiger partial charge in [0, 0.05) is 0 Å². The first-order valence-electron chi connectivity index (χ1n) is 10.6. The van der Waals surface area contributed by atoms with Crippen LogP contribution >= 0.6 is 58.0 Å².